The number of imide groups is 1. The van der Waals surface area contributed by atoms with Crippen molar-refractivity contribution in [2.24, 2.45) is 5.73 Å². The summed E-state index contributed by atoms with van der Waals surface area (Å²) in [5.74, 6) is -0.860. The number of urea groups is 1. The third kappa shape index (κ3) is 4.14. The first kappa shape index (κ1) is 14.1. The molecule has 0 heterocycles. The minimum absolute atomic E-state index is 0.227. The number of rotatable bonds is 4. The van der Waals surface area contributed by atoms with Crippen LogP contribution in [0.4, 0.5) is 9.18 Å². The van der Waals surface area contributed by atoms with Gasteiger partial charge in [0.15, 0.2) is 0 Å². The number of nitrogens with two attached hydrogens (primary N) is 1. The number of nitrogens with one attached hydrogen (secondary N) is 2. The van der Waals surface area contributed by atoms with E-state index in [4.69, 9.17) is 5.73 Å². The molecule has 1 aromatic rings. The zero-order valence-corrected chi connectivity index (χ0v) is 10.2. The van der Waals surface area contributed by atoms with Crippen molar-refractivity contribution in [3.8, 4) is 0 Å². The van der Waals surface area contributed by atoms with Crippen molar-refractivity contribution in [3.05, 3.63) is 35.6 Å². The lowest BCUT2D eigenvalue weighted by Crippen LogP contribution is -2.47. The van der Waals surface area contributed by atoms with Crippen LogP contribution in [0.1, 0.15) is 25.5 Å². The van der Waals surface area contributed by atoms with Gasteiger partial charge in [-0.2, -0.15) is 0 Å². The Balaban J connectivity index is 2.61. The van der Waals surface area contributed by atoms with Gasteiger partial charge in [0.25, 0.3) is 0 Å². The lowest BCUT2D eigenvalue weighted by atomic mass is 10.1. The van der Waals surface area contributed by atoms with Gasteiger partial charge in [0.2, 0.25) is 5.91 Å². The maximum Gasteiger partial charge on any atom is 0.318 e. The van der Waals surface area contributed by atoms with Gasteiger partial charge >= 0.3 is 6.03 Å². The van der Waals surface area contributed by atoms with E-state index in [1.807, 2.05) is 5.32 Å². The summed E-state index contributed by atoms with van der Waals surface area (Å²) in [5, 5.41) is 4.92. The molecule has 0 aliphatic heterocycles. The molecule has 2 unspecified atom stereocenters. The molecule has 0 radical (unpaired) electrons. The van der Waals surface area contributed by atoms with E-state index in [-0.39, 0.29) is 11.9 Å². The van der Waals surface area contributed by atoms with Crippen molar-refractivity contribution in [2.45, 2.75) is 25.9 Å². The highest BCUT2D eigenvalue weighted by atomic mass is 19.1. The second-order valence-corrected chi connectivity index (χ2v) is 4.02. The predicted molar refractivity (Wildman–Crippen MR) is 65.1 cm³/mol. The van der Waals surface area contributed by atoms with Crippen LogP contribution in [0.5, 0.6) is 0 Å². The first-order chi connectivity index (χ1) is 8.40. The molecule has 6 heteroatoms. The van der Waals surface area contributed by atoms with E-state index in [9.17, 15) is 14.0 Å². The van der Waals surface area contributed by atoms with Gasteiger partial charge in [-0.05, 0) is 31.5 Å². The Morgan fingerprint density at radius 3 is 2.56 bits per heavy atom. The average molecular weight is 253 g/mol. The Hall–Kier alpha value is -1.95. The summed E-state index contributed by atoms with van der Waals surface area (Å²) in [7, 11) is 0. The van der Waals surface area contributed by atoms with Crippen molar-refractivity contribution < 1.29 is 14.0 Å². The molecule has 0 bridgehead atoms. The van der Waals surface area contributed by atoms with Crippen molar-refractivity contribution in [2.75, 3.05) is 0 Å². The molecule has 5 nitrogen and oxygen atoms in total. The number of hydrogen-bond donors (Lipinski definition) is 3. The number of amides is 3. The molecule has 1 aromatic carbocycles. The fraction of sp³-hybridized carbons (Fsp3) is 0.333. The van der Waals surface area contributed by atoms with Gasteiger partial charge in [0, 0.05) is 6.04 Å². The molecule has 0 saturated carbocycles. The van der Waals surface area contributed by atoms with Crippen molar-refractivity contribution >= 4 is 11.9 Å². The van der Waals surface area contributed by atoms with Crippen molar-refractivity contribution in [1.82, 2.24) is 10.6 Å². The van der Waals surface area contributed by atoms with Gasteiger partial charge in [-0.25, -0.2) is 9.18 Å². The highest BCUT2D eigenvalue weighted by molar-refractivity contribution is 5.96. The third-order valence-electron chi connectivity index (χ3n) is 2.49. The van der Waals surface area contributed by atoms with E-state index in [1.165, 1.54) is 12.1 Å². The van der Waals surface area contributed by atoms with Crippen LogP contribution in [0.3, 0.4) is 0 Å². The Morgan fingerprint density at radius 2 is 2.00 bits per heavy atom. The molecule has 0 spiro atoms. The number of halogens is 1. The molecule has 0 aliphatic rings. The Bertz CT molecular complexity index is 451. The molecule has 2 atom stereocenters. The van der Waals surface area contributed by atoms with Gasteiger partial charge < -0.3 is 5.73 Å². The maximum atomic E-state index is 13.0. The molecule has 0 saturated heterocycles. The predicted octanol–water partition coefficient (Wildman–Crippen LogP) is 1.06. The number of benzene rings is 1. The molecular formula is C12H16FN3O2. The van der Waals surface area contributed by atoms with E-state index in [0.29, 0.717) is 5.56 Å². The molecular weight excluding hydrogens is 237 g/mol. The van der Waals surface area contributed by atoms with E-state index >= 15 is 0 Å². The van der Waals surface area contributed by atoms with Crippen LogP contribution in [-0.4, -0.2) is 18.0 Å². The second kappa shape index (κ2) is 6.11. The van der Waals surface area contributed by atoms with Crippen LogP contribution in [0.25, 0.3) is 0 Å². The van der Waals surface area contributed by atoms with Crippen LogP contribution in [-0.2, 0) is 4.79 Å². The van der Waals surface area contributed by atoms with Gasteiger partial charge in [0.05, 0.1) is 6.04 Å². The fourth-order valence-corrected chi connectivity index (χ4v) is 1.55. The molecule has 18 heavy (non-hydrogen) atoms. The minimum Gasteiger partial charge on any atom is -0.351 e. The average Bonchev–Trinajstić information content (AvgIpc) is 2.27. The van der Waals surface area contributed by atoms with E-state index in [1.54, 1.807) is 26.0 Å². The zero-order chi connectivity index (χ0) is 13.7. The van der Waals surface area contributed by atoms with Crippen LogP contribution in [0, 0.1) is 5.82 Å². The normalized spacial score (nSPS) is 13.7. The van der Waals surface area contributed by atoms with Gasteiger partial charge in [-0.1, -0.05) is 12.1 Å². The largest absolute Gasteiger partial charge is 0.351 e. The standard InChI is InChI=1S/C12H16FN3O2/c1-7(9-4-3-5-10(13)6-9)15-8(2)11(17)16-12(14)18/h3-8,15H,1-2H3,(H3,14,16,17,18). The smallest absolute Gasteiger partial charge is 0.318 e. The highest BCUT2D eigenvalue weighted by Gasteiger charge is 2.17. The van der Waals surface area contributed by atoms with E-state index in [0.717, 1.165) is 0 Å². The zero-order valence-electron chi connectivity index (χ0n) is 10.2. The van der Waals surface area contributed by atoms with Crippen molar-refractivity contribution in [3.63, 3.8) is 0 Å². The van der Waals surface area contributed by atoms with Crippen molar-refractivity contribution in [1.29, 1.82) is 0 Å². The SMILES string of the molecule is CC(NC(C)c1cccc(F)c1)C(=O)NC(N)=O. The molecule has 0 aliphatic carbocycles. The summed E-state index contributed by atoms with van der Waals surface area (Å²) in [6, 6.07) is 4.34. The summed E-state index contributed by atoms with van der Waals surface area (Å²) < 4.78 is 13.0. The maximum absolute atomic E-state index is 13.0. The summed E-state index contributed by atoms with van der Waals surface area (Å²) in [6.07, 6.45) is 0. The van der Waals surface area contributed by atoms with E-state index in [2.05, 4.69) is 5.32 Å². The Morgan fingerprint density at radius 1 is 1.33 bits per heavy atom. The Kier molecular flexibility index (Phi) is 4.79. The quantitative estimate of drug-likeness (QED) is 0.750. The monoisotopic (exact) mass is 253 g/mol. The summed E-state index contributed by atoms with van der Waals surface area (Å²) >= 11 is 0. The highest BCUT2D eigenvalue weighted by Crippen LogP contribution is 2.13. The summed E-state index contributed by atoms with van der Waals surface area (Å²) in [4.78, 5) is 22.0. The molecule has 4 N–H and O–H groups in total. The molecule has 3 amide bonds. The van der Waals surface area contributed by atoms with Crippen LogP contribution < -0.4 is 16.4 Å². The van der Waals surface area contributed by atoms with Crippen LogP contribution in [0.2, 0.25) is 0 Å². The van der Waals surface area contributed by atoms with Crippen LogP contribution >= 0.6 is 0 Å². The van der Waals surface area contributed by atoms with Gasteiger partial charge in [-0.3, -0.25) is 15.4 Å². The number of primary amides is 1. The third-order valence-corrected chi connectivity index (χ3v) is 2.49. The first-order valence-corrected chi connectivity index (χ1v) is 5.52. The topological polar surface area (TPSA) is 84.2 Å². The molecule has 1 rings (SSSR count). The second-order valence-electron chi connectivity index (χ2n) is 4.02. The van der Waals surface area contributed by atoms with Crippen LogP contribution in [0.15, 0.2) is 24.3 Å². The van der Waals surface area contributed by atoms with E-state index < -0.39 is 18.0 Å². The minimum atomic E-state index is -0.896. The number of carbonyl (C=O) groups excluding carboxylic acids is 2. The van der Waals surface area contributed by atoms with Gasteiger partial charge in [-0.15, -0.1) is 0 Å². The molecule has 0 aromatic heterocycles. The first-order valence-electron chi connectivity index (χ1n) is 5.52. The fourth-order valence-electron chi connectivity index (χ4n) is 1.55. The summed E-state index contributed by atoms with van der Waals surface area (Å²) in [5.41, 5.74) is 5.56. The number of hydrogen-bond acceptors (Lipinski definition) is 3. The summed E-state index contributed by atoms with van der Waals surface area (Å²) in [6.45, 7) is 3.39. The lowest BCUT2D eigenvalue weighted by molar-refractivity contribution is -0.121. The number of carbonyl (C=O) groups is 2. The molecule has 0 fully saturated rings. The molecule has 98 valence electrons. The lowest BCUT2D eigenvalue weighted by Gasteiger charge is -2.19. The van der Waals surface area contributed by atoms with Gasteiger partial charge in [0.1, 0.15) is 5.82 Å². The Labute approximate surface area is 105 Å².